The van der Waals surface area contributed by atoms with Crippen LogP contribution < -0.4 is 14.9 Å². The number of phenols is 3. The fraction of sp³-hybridized carbons (Fsp3) is 0.143. The molecule has 0 fully saturated rings. The molecule has 2 heterocycles. The second-order valence-corrected chi connectivity index (χ2v) is 8.84. The van der Waals surface area contributed by atoms with Crippen LogP contribution >= 0.6 is 0 Å². The molecule has 0 amide bonds. The third kappa shape index (κ3) is 4.10. The Morgan fingerprint density at radius 3 is 2.51 bits per heavy atom. The van der Waals surface area contributed by atoms with E-state index in [1.54, 1.807) is 24.3 Å². The number of hydrogen-bond donors (Lipinski definition) is 4. The number of benzene rings is 3. The minimum absolute atomic E-state index is 0.00528. The monoisotopic (exact) mass is 502 g/mol. The van der Waals surface area contributed by atoms with Gasteiger partial charge >= 0.3 is 5.97 Å². The van der Waals surface area contributed by atoms with E-state index in [-0.39, 0.29) is 41.1 Å². The van der Waals surface area contributed by atoms with Crippen molar-refractivity contribution in [2.45, 2.75) is 19.3 Å². The van der Waals surface area contributed by atoms with E-state index in [0.717, 1.165) is 17.7 Å². The van der Waals surface area contributed by atoms with Crippen molar-refractivity contribution in [1.29, 1.82) is 0 Å². The van der Waals surface area contributed by atoms with Gasteiger partial charge in [0.05, 0.1) is 6.42 Å². The lowest BCUT2D eigenvalue weighted by atomic mass is 9.84. The van der Waals surface area contributed by atoms with Crippen LogP contribution in [-0.4, -0.2) is 33.0 Å². The van der Waals surface area contributed by atoms with Crippen LogP contribution in [0.1, 0.15) is 30.4 Å². The summed E-state index contributed by atoms with van der Waals surface area (Å²) in [7, 11) is 0. The van der Waals surface area contributed by atoms with Gasteiger partial charge in [-0.1, -0.05) is 24.8 Å². The van der Waals surface area contributed by atoms with Gasteiger partial charge in [0.15, 0.2) is 17.3 Å². The molecule has 4 N–H and O–H groups in total. The van der Waals surface area contributed by atoms with Gasteiger partial charge in [0, 0.05) is 28.7 Å². The average molecular weight is 502 g/mol. The maximum Gasteiger partial charge on any atom is 0.312 e. The third-order valence-corrected chi connectivity index (χ3v) is 6.07. The maximum atomic E-state index is 13.2. The van der Waals surface area contributed by atoms with Crippen LogP contribution in [0.2, 0.25) is 0 Å². The highest BCUT2D eigenvalue weighted by molar-refractivity contribution is 5.94. The van der Waals surface area contributed by atoms with Gasteiger partial charge < -0.3 is 34.3 Å². The quantitative estimate of drug-likeness (QED) is 0.132. The SMILES string of the molecule is C=C(C)COc1ccccc1C1CC(=O)Oc2cc(O)c3c(=O)c(O)c(-c4ccc(O)c(O)c4)oc3c21. The van der Waals surface area contributed by atoms with Gasteiger partial charge in [-0.05, 0) is 36.8 Å². The van der Waals surface area contributed by atoms with Crippen molar-refractivity contribution in [2.75, 3.05) is 6.61 Å². The molecule has 5 rings (SSSR count). The molecule has 1 unspecified atom stereocenters. The van der Waals surface area contributed by atoms with Gasteiger partial charge in [0.1, 0.15) is 34.8 Å². The molecule has 0 bridgehead atoms. The van der Waals surface area contributed by atoms with Crippen LogP contribution in [0, 0.1) is 0 Å². The van der Waals surface area contributed by atoms with E-state index >= 15 is 0 Å². The molecule has 37 heavy (non-hydrogen) atoms. The molecule has 188 valence electrons. The molecule has 9 heteroatoms. The summed E-state index contributed by atoms with van der Waals surface area (Å²) in [5.74, 6) is -3.31. The first-order valence-electron chi connectivity index (χ1n) is 11.3. The summed E-state index contributed by atoms with van der Waals surface area (Å²) < 4.78 is 17.3. The fourth-order valence-corrected chi connectivity index (χ4v) is 4.41. The Morgan fingerprint density at radius 2 is 1.78 bits per heavy atom. The highest BCUT2D eigenvalue weighted by Crippen LogP contribution is 2.48. The normalized spacial score (nSPS) is 14.7. The molecule has 0 spiro atoms. The maximum absolute atomic E-state index is 13.2. The van der Waals surface area contributed by atoms with Crippen molar-refractivity contribution in [2.24, 2.45) is 0 Å². The predicted octanol–water partition coefficient (Wildman–Crippen LogP) is 4.68. The van der Waals surface area contributed by atoms with Gasteiger partial charge in [-0.2, -0.15) is 0 Å². The van der Waals surface area contributed by atoms with E-state index in [9.17, 15) is 30.0 Å². The summed E-state index contributed by atoms with van der Waals surface area (Å²) in [6.07, 6.45) is -0.111. The molecule has 1 aliphatic heterocycles. The lowest BCUT2D eigenvalue weighted by Gasteiger charge is -2.27. The molecule has 0 saturated heterocycles. The Morgan fingerprint density at radius 1 is 1.03 bits per heavy atom. The van der Waals surface area contributed by atoms with Crippen LogP contribution in [-0.2, 0) is 4.79 Å². The number of ether oxygens (including phenoxy) is 2. The summed E-state index contributed by atoms with van der Waals surface area (Å²) in [5, 5.41) is 40.6. The number of aromatic hydroxyl groups is 4. The van der Waals surface area contributed by atoms with Crippen molar-refractivity contribution in [3.8, 4) is 45.8 Å². The zero-order chi connectivity index (χ0) is 26.4. The topological polar surface area (TPSA) is 147 Å². The lowest BCUT2D eigenvalue weighted by molar-refractivity contribution is -0.135. The smallest absolute Gasteiger partial charge is 0.312 e. The van der Waals surface area contributed by atoms with Gasteiger partial charge in [0.2, 0.25) is 11.2 Å². The van der Waals surface area contributed by atoms with Crippen LogP contribution in [0.25, 0.3) is 22.3 Å². The molecular weight excluding hydrogens is 480 g/mol. The Balaban J connectivity index is 1.81. The van der Waals surface area contributed by atoms with Gasteiger partial charge in [0.25, 0.3) is 0 Å². The number of carbonyl (C=O) groups excluding carboxylic acids is 1. The number of rotatable bonds is 5. The van der Waals surface area contributed by atoms with E-state index < -0.39 is 40.3 Å². The molecule has 3 aromatic carbocycles. The minimum atomic E-state index is -0.924. The third-order valence-electron chi connectivity index (χ3n) is 6.07. The summed E-state index contributed by atoms with van der Waals surface area (Å²) in [4.78, 5) is 25.8. The average Bonchev–Trinajstić information content (AvgIpc) is 2.85. The summed E-state index contributed by atoms with van der Waals surface area (Å²) in [6, 6.07) is 11.8. The summed E-state index contributed by atoms with van der Waals surface area (Å²) in [6.45, 7) is 5.91. The Hall–Kier alpha value is -4.92. The Bertz CT molecular complexity index is 1650. The van der Waals surface area contributed by atoms with Gasteiger partial charge in [-0.3, -0.25) is 9.59 Å². The van der Waals surface area contributed by atoms with E-state index in [4.69, 9.17) is 13.9 Å². The standard InChI is InChI=1S/C28H22O9/c1-13(2)12-35-20-6-4-3-5-15(20)16-10-22(32)36-21-11-19(31)24-25(33)26(34)27(37-28(24)23(16)21)14-7-8-17(29)18(30)9-14/h3-9,11,16,29-31,34H,1,10,12H2,2H3. The second kappa shape index (κ2) is 8.94. The lowest BCUT2D eigenvalue weighted by Crippen LogP contribution is -2.22. The van der Waals surface area contributed by atoms with E-state index in [2.05, 4.69) is 6.58 Å². The zero-order valence-corrected chi connectivity index (χ0v) is 19.6. The van der Waals surface area contributed by atoms with E-state index in [1.807, 2.05) is 6.92 Å². The molecule has 1 aliphatic rings. The fourth-order valence-electron chi connectivity index (χ4n) is 4.41. The van der Waals surface area contributed by atoms with Crippen molar-refractivity contribution < 1.29 is 39.1 Å². The first-order valence-corrected chi connectivity index (χ1v) is 11.3. The predicted molar refractivity (Wildman–Crippen MR) is 133 cm³/mol. The minimum Gasteiger partial charge on any atom is -0.507 e. The van der Waals surface area contributed by atoms with Crippen molar-refractivity contribution in [1.82, 2.24) is 0 Å². The Labute approximate surface area is 210 Å². The van der Waals surface area contributed by atoms with Crippen molar-refractivity contribution in [3.05, 3.63) is 82.0 Å². The van der Waals surface area contributed by atoms with Crippen molar-refractivity contribution >= 4 is 16.9 Å². The Kier molecular flexibility index (Phi) is 5.75. The molecular formula is C28H22O9. The first kappa shape index (κ1) is 23.8. The molecule has 9 nitrogen and oxygen atoms in total. The number of para-hydroxylation sites is 1. The van der Waals surface area contributed by atoms with Crippen molar-refractivity contribution in [3.63, 3.8) is 0 Å². The van der Waals surface area contributed by atoms with E-state index in [1.165, 1.54) is 12.1 Å². The first-order chi connectivity index (χ1) is 17.7. The van der Waals surface area contributed by atoms with Crippen LogP contribution in [0.3, 0.4) is 0 Å². The summed E-state index contributed by atoms with van der Waals surface area (Å²) in [5.41, 5.74) is 0.780. The summed E-state index contributed by atoms with van der Waals surface area (Å²) >= 11 is 0. The van der Waals surface area contributed by atoms with Crippen LogP contribution in [0.15, 0.2) is 69.9 Å². The highest BCUT2D eigenvalue weighted by Gasteiger charge is 2.35. The number of esters is 1. The van der Waals surface area contributed by atoms with Gasteiger partial charge in [-0.15, -0.1) is 0 Å². The van der Waals surface area contributed by atoms with Gasteiger partial charge in [-0.25, -0.2) is 0 Å². The molecule has 0 aliphatic carbocycles. The van der Waals surface area contributed by atoms with Crippen LogP contribution in [0.4, 0.5) is 0 Å². The largest absolute Gasteiger partial charge is 0.507 e. The zero-order valence-electron chi connectivity index (χ0n) is 19.6. The number of carbonyl (C=O) groups is 1. The van der Waals surface area contributed by atoms with E-state index in [0.29, 0.717) is 16.9 Å². The molecule has 0 radical (unpaired) electrons. The molecule has 1 aromatic heterocycles. The number of fused-ring (bicyclic) bond motifs is 3. The molecule has 4 aromatic rings. The second-order valence-electron chi connectivity index (χ2n) is 8.84. The molecule has 1 atom stereocenters. The number of hydrogen-bond acceptors (Lipinski definition) is 9. The molecule has 0 saturated carbocycles. The highest BCUT2D eigenvalue weighted by atomic mass is 16.5. The number of phenolic OH excluding ortho intramolecular Hbond substituents is 3. The van der Waals surface area contributed by atoms with Crippen LogP contribution in [0.5, 0.6) is 34.5 Å².